The fraction of sp³-hybridized carbons (Fsp3) is 0.750. The Bertz CT molecular complexity index is 289. The maximum absolute atomic E-state index is 3.94. The van der Waals surface area contributed by atoms with Gasteiger partial charge >= 0.3 is 0 Å². The molecule has 1 aliphatic rings. The second kappa shape index (κ2) is 7.69. The van der Waals surface area contributed by atoms with Gasteiger partial charge in [0.2, 0.25) is 0 Å². The van der Waals surface area contributed by atoms with Gasteiger partial charge in [0, 0.05) is 25.0 Å². The monoisotopic (exact) mass is 258 g/mol. The quantitative estimate of drug-likeness (QED) is 0.816. The van der Waals surface area contributed by atoms with Crippen LogP contribution in [-0.2, 0) is 6.54 Å². The Morgan fingerprint density at radius 2 is 2.47 bits per heavy atom. The van der Waals surface area contributed by atoms with Crippen molar-refractivity contribution in [3.63, 3.8) is 0 Å². The molecule has 0 aliphatic carbocycles. The van der Waals surface area contributed by atoms with E-state index >= 15 is 0 Å². The van der Waals surface area contributed by atoms with Crippen molar-refractivity contribution in [1.82, 2.24) is 20.4 Å². The van der Waals surface area contributed by atoms with Crippen molar-refractivity contribution in [2.75, 3.05) is 26.2 Å². The lowest BCUT2D eigenvalue weighted by atomic mass is 10.1. The topological polar surface area (TPSA) is 44.0 Å². The Balaban J connectivity index is 0.00000144. The Morgan fingerprint density at radius 3 is 3.18 bits per heavy atom. The van der Waals surface area contributed by atoms with E-state index in [0.29, 0.717) is 0 Å². The standard InChI is InChI=1S/C12H22N4.ClH/c1-2-6-16-7-4-11(10-16)8-13-9-12-3-5-14-15-12;/h3,5,11,13H,2,4,6-10H2,1H3,(H,14,15);1H. The number of rotatable bonds is 6. The molecule has 2 rings (SSSR count). The minimum atomic E-state index is 0. The second-order valence-electron chi connectivity index (χ2n) is 4.67. The van der Waals surface area contributed by atoms with Gasteiger partial charge in [0.05, 0.1) is 0 Å². The van der Waals surface area contributed by atoms with Crippen molar-refractivity contribution in [3.05, 3.63) is 18.0 Å². The first-order valence-corrected chi connectivity index (χ1v) is 6.30. The zero-order chi connectivity index (χ0) is 11.2. The van der Waals surface area contributed by atoms with Gasteiger partial charge in [0.15, 0.2) is 0 Å². The molecule has 1 saturated heterocycles. The minimum absolute atomic E-state index is 0. The van der Waals surface area contributed by atoms with E-state index in [1.54, 1.807) is 6.20 Å². The highest BCUT2D eigenvalue weighted by Crippen LogP contribution is 2.15. The van der Waals surface area contributed by atoms with Crippen LogP contribution in [0.2, 0.25) is 0 Å². The molecule has 5 heteroatoms. The summed E-state index contributed by atoms with van der Waals surface area (Å²) >= 11 is 0. The molecule has 0 aromatic carbocycles. The van der Waals surface area contributed by atoms with Crippen LogP contribution >= 0.6 is 12.4 Å². The molecule has 2 heterocycles. The number of aromatic amines is 1. The summed E-state index contributed by atoms with van der Waals surface area (Å²) in [7, 11) is 0. The van der Waals surface area contributed by atoms with E-state index in [0.717, 1.165) is 19.0 Å². The van der Waals surface area contributed by atoms with Crippen LogP contribution in [0.3, 0.4) is 0 Å². The molecule has 2 N–H and O–H groups in total. The van der Waals surface area contributed by atoms with Gasteiger partial charge in [-0.05, 0) is 44.5 Å². The Morgan fingerprint density at radius 1 is 1.59 bits per heavy atom. The molecule has 4 nitrogen and oxygen atoms in total. The van der Waals surface area contributed by atoms with Crippen LogP contribution < -0.4 is 5.32 Å². The zero-order valence-electron chi connectivity index (χ0n) is 10.5. The Kier molecular flexibility index (Phi) is 6.55. The second-order valence-corrected chi connectivity index (χ2v) is 4.67. The highest BCUT2D eigenvalue weighted by Gasteiger charge is 2.20. The average Bonchev–Trinajstić information content (AvgIpc) is 2.90. The van der Waals surface area contributed by atoms with Crippen molar-refractivity contribution < 1.29 is 0 Å². The number of halogens is 1. The fourth-order valence-electron chi connectivity index (χ4n) is 2.39. The third kappa shape index (κ3) is 4.66. The summed E-state index contributed by atoms with van der Waals surface area (Å²) < 4.78 is 0. The van der Waals surface area contributed by atoms with Crippen molar-refractivity contribution in [3.8, 4) is 0 Å². The van der Waals surface area contributed by atoms with Gasteiger partial charge in [-0.1, -0.05) is 6.92 Å². The molecule has 1 aromatic heterocycles. The number of nitrogens with zero attached hydrogens (tertiary/aromatic N) is 2. The van der Waals surface area contributed by atoms with E-state index in [1.807, 2.05) is 6.07 Å². The first-order chi connectivity index (χ1) is 7.88. The van der Waals surface area contributed by atoms with Crippen molar-refractivity contribution in [2.24, 2.45) is 5.92 Å². The molecular formula is C12H23ClN4. The van der Waals surface area contributed by atoms with Crippen LogP contribution in [0.4, 0.5) is 0 Å². The number of hydrogen-bond donors (Lipinski definition) is 2. The Labute approximate surface area is 110 Å². The lowest BCUT2D eigenvalue weighted by Gasteiger charge is -2.14. The van der Waals surface area contributed by atoms with Gasteiger partial charge in [0.25, 0.3) is 0 Å². The first kappa shape index (κ1) is 14.5. The number of likely N-dealkylation sites (tertiary alicyclic amines) is 1. The van der Waals surface area contributed by atoms with E-state index in [4.69, 9.17) is 0 Å². The molecule has 98 valence electrons. The fourth-order valence-corrected chi connectivity index (χ4v) is 2.39. The predicted octanol–water partition coefficient (Wildman–Crippen LogP) is 1.65. The third-order valence-corrected chi connectivity index (χ3v) is 3.22. The maximum Gasteiger partial charge on any atom is 0.0490 e. The summed E-state index contributed by atoms with van der Waals surface area (Å²) in [5, 5.41) is 10.4. The van der Waals surface area contributed by atoms with Gasteiger partial charge in [0.1, 0.15) is 0 Å². The van der Waals surface area contributed by atoms with Gasteiger partial charge < -0.3 is 10.2 Å². The molecule has 17 heavy (non-hydrogen) atoms. The lowest BCUT2D eigenvalue weighted by molar-refractivity contribution is 0.322. The smallest absolute Gasteiger partial charge is 0.0490 e. The van der Waals surface area contributed by atoms with E-state index < -0.39 is 0 Å². The minimum Gasteiger partial charge on any atom is -0.311 e. The number of hydrogen-bond acceptors (Lipinski definition) is 3. The van der Waals surface area contributed by atoms with Gasteiger partial charge in [-0.15, -0.1) is 12.4 Å². The molecule has 1 atom stereocenters. The molecule has 0 amide bonds. The molecule has 1 aromatic rings. The molecule has 0 spiro atoms. The summed E-state index contributed by atoms with van der Waals surface area (Å²) in [5.41, 5.74) is 1.17. The lowest BCUT2D eigenvalue weighted by Crippen LogP contribution is -2.26. The van der Waals surface area contributed by atoms with Crippen LogP contribution in [0.1, 0.15) is 25.5 Å². The third-order valence-electron chi connectivity index (χ3n) is 3.22. The molecule has 1 aliphatic heterocycles. The number of aromatic nitrogens is 2. The zero-order valence-corrected chi connectivity index (χ0v) is 11.3. The summed E-state index contributed by atoms with van der Waals surface area (Å²) in [4.78, 5) is 2.57. The van der Waals surface area contributed by atoms with Gasteiger partial charge in [-0.25, -0.2) is 0 Å². The molecule has 0 saturated carbocycles. The van der Waals surface area contributed by atoms with Crippen LogP contribution in [0.15, 0.2) is 12.3 Å². The van der Waals surface area contributed by atoms with Crippen molar-refractivity contribution >= 4 is 12.4 Å². The van der Waals surface area contributed by atoms with Crippen LogP contribution in [0.5, 0.6) is 0 Å². The highest BCUT2D eigenvalue weighted by molar-refractivity contribution is 5.85. The molecule has 1 fully saturated rings. The van der Waals surface area contributed by atoms with Crippen LogP contribution in [0.25, 0.3) is 0 Å². The summed E-state index contributed by atoms with van der Waals surface area (Å²) in [5.74, 6) is 0.828. The SMILES string of the molecule is CCCN1CCC(CNCc2ccn[nH]2)C1.Cl. The highest BCUT2D eigenvalue weighted by atomic mass is 35.5. The van der Waals surface area contributed by atoms with E-state index in [9.17, 15) is 0 Å². The predicted molar refractivity (Wildman–Crippen MR) is 72.4 cm³/mol. The normalized spacial score (nSPS) is 20.4. The van der Waals surface area contributed by atoms with E-state index in [2.05, 4.69) is 27.3 Å². The average molecular weight is 259 g/mol. The van der Waals surface area contributed by atoms with Crippen LogP contribution in [0, 0.1) is 5.92 Å². The molecule has 1 unspecified atom stereocenters. The summed E-state index contributed by atoms with van der Waals surface area (Å²) in [6.07, 6.45) is 4.42. The largest absolute Gasteiger partial charge is 0.311 e. The van der Waals surface area contributed by atoms with Gasteiger partial charge in [-0.3, -0.25) is 5.10 Å². The molecular weight excluding hydrogens is 236 g/mol. The van der Waals surface area contributed by atoms with Gasteiger partial charge in [-0.2, -0.15) is 5.10 Å². The summed E-state index contributed by atoms with van der Waals surface area (Å²) in [6, 6.07) is 2.02. The molecule has 0 bridgehead atoms. The first-order valence-electron chi connectivity index (χ1n) is 6.30. The van der Waals surface area contributed by atoms with E-state index in [-0.39, 0.29) is 12.4 Å². The molecule has 0 radical (unpaired) electrons. The Hall–Kier alpha value is -0.580. The maximum atomic E-state index is 3.94. The number of H-pyrrole nitrogens is 1. The van der Waals surface area contributed by atoms with Crippen molar-refractivity contribution in [2.45, 2.75) is 26.3 Å². The summed E-state index contributed by atoms with van der Waals surface area (Å²) in [6.45, 7) is 8.10. The van der Waals surface area contributed by atoms with Crippen molar-refractivity contribution in [1.29, 1.82) is 0 Å². The van der Waals surface area contributed by atoms with E-state index in [1.165, 1.54) is 38.2 Å². The number of nitrogens with one attached hydrogen (secondary N) is 2. The van der Waals surface area contributed by atoms with Crippen LogP contribution in [-0.4, -0.2) is 41.3 Å².